The lowest BCUT2D eigenvalue weighted by Gasteiger charge is -2.31. The van der Waals surface area contributed by atoms with E-state index in [1.54, 1.807) is 0 Å². The van der Waals surface area contributed by atoms with Crippen LogP contribution >= 0.6 is 0 Å². The van der Waals surface area contributed by atoms with Crippen LogP contribution in [0, 0.1) is 5.92 Å². The summed E-state index contributed by atoms with van der Waals surface area (Å²) in [5, 5.41) is 97.1. The SMILES string of the molecule is NCNOCCOCCOCCC(CC(O)C(O)C(O)C(O)CO)CC(O)C(O)C(O)C(O)CO. The molecular weight excluding hydrogens is 476 g/mol. The first-order chi connectivity index (χ1) is 16.6. The summed E-state index contributed by atoms with van der Waals surface area (Å²) in [5.41, 5.74) is 7.64. The van der Waals surface area contributed by atoms with Gasteiger partial charge in [0.05, 0.1) is 58.5 Å². The number of aliphatic hydroxyl groups excluding tert-OH is 10. The van der Waals surface area contributed by atoms with E-state index in [1.807, 2.05) is 0 Å². The molecule has 0 aliphatic rings. The van der Waals surface area contributed by atoms with E-state index >= 15 is 0 Å². The van der Waals surface area contributed by atoms with Gasteiger partial charge in [0, 0.05) is 6.61 Å². The topological polar surface area (TPSA) is 268 Å². The smallest absolute Gasteiger partial charge is 0.110 e. The Balaban J connectivity index is 4.79. The molecule has 15 heteroatoms. The molecule has 0 saturated heterocycles. The van der Waals surface area contributed by atoms with Gasteiger partial charge < -0.3 is 66.3 Å². The zero-order valence-corrected chi connectivity index (χ0v) is 19.7. The van der Waals surface area contributed by atoms with Crippen LogP contribution in [0.25, 0.3) is 0 Å². The molecule has 0 bridgehead atoms. The highest BCUT2D eigenvalue weighted by Crippen LogP contribution is 2.23. The number of rotatable bonds is 23. The van der Waals surface area contributed by atoms with Crippen molar-refractivity contribution in [2.75, 3.05) is 52.9 Å². The molecule has 8 unspecified atom stereocenters. The van der Waals surface area contributed by atoms with Crippen LogP contribution in [-0.4, -0.2) is 153 Å². The number of aliphatic hydroxyl groups is 10. The molecule has 0 aromatic carbocycles. The summed E-state index contributed by atoms with van der Waals surface area (Å²) < 4.78 is 10.7. The summed E-state index contributed by atoms with van der Waals surface area (Å²) in [6.45, 7) is -0.305. The Morgan fingerprint density at radius 1 is 0.571 bits per heavy atom. The van der Waals surface area contributed by atoms with E-state index in [0.717, 1.165) is 0 Å². The van der Waals surface area contributed by atoms with E-state index in [-0.39, 0.29) is 52.4 Å². The van der Waals surface area contributed by atoms with E-state index in [1.165, 1.54) is 0 Å². The van der Waals surface area contributed by atoms with Crippen LogP contribution in [0.5, 0.6) is 0 Å². The molecule has 0 spiro atoms. The highest BCUT2D eigenvalue weighted by molar-refractivity contribution is 4.85. The molecule has 0 aliphatic heterocycles. The highest BCUT2D eigenvalue weighted by atomic mass is 16.7. The molecule has 0 aromatic rings. The number of ether oxygens (including phenoxy) is 2. The minimum atomic E-state index is -1.83. The van der Waals surface area contributed by atoms with Crippen molar-refractivity contribution in [3.63, 3.8) is 0 Å². The molecule has 0 amide bonds. The molecule has 0 fully saturated rings. The number of hydrogen-bond donors (Lipinski definition) is 12. The van der Waals surface area contributed by atoms with Crippen LogP contribution in [0.3, 0.4) is 0 Å². The van der Waals surface area contributed by atoms with Gasteiger partial charge in [-0.3, -0.25) is 4.84 Å². The van der Waals surface area contributed by atoms with Gasteiger partial charge in [-0.2, -0.15) is 5.48 Å². The second-order valence-electron chi connectivity index (χ2n) is 8.14. The Kier molecular flexibility index (Phi) is 20.1. The quantitative estimate of drug-likeness (QED) is 0.0340. The number of hydrogen-bond acceptors (Lipinski definition) is 15. The first-order valence-electron chi connectivity index (χ1n) is 11.5. The van der Waals surface area contributed by atoms with Gasteiger partial charge in [-0.1, -0.05) is 0 Å². The van der Waals surface area contributed by atoms with Gasteiger partial charge in [0.25, 0.3) is 0 Å². The molecule has 35 heavy (non-hydrogen) atoms. The van der Waals surface area contributed by atoms with Crippen molar-refractivity contribution in [3.05, 3.63) is 0 Å². The van der Waals surface area contributed by atoms with Crippen molar-refractivity contribution >= 4 is 0 Å². The van der Waals surface area contributed by atoms with Gasteiger partial charge in [0.2, 0.25) is 0 Å². The van der Waals surface area contributed by atoms with E-state index in [9.17, 15) is 40.9 Å². The molecule has 0 aliphatic carbocycles. The highest BCUT2D eigenvalue weighted by Gasteiger charge is 2.34. The van der Waals surface area contributed by atoms with E-state index < -0.39 is 68.0 Å². The zero-order chi connectivity index (χ0) is 26.8. The Morgan fingerprint density at radius 2 is 0.971 bits per heavy atom. The lowest BCUT2D eigenvalue weighted by atomic mass is 9.86. The van der Waals surface area contributed by atoms with Crippen molar-refractivity contribution < 1.29 is 65.4 Å². The van der Waals surface area contributed by atoms with E-state index in [2.05, 4.69) is 5.48 Å². The van der Waals surface area contributed by atoms with Gasteiger partial charge in [0.1, 0.15) is 36.6 Å². The lowest BCUT2D eigenvalue weighted by molar-refractivity contribution is -0.128. The Morgan fingerprint density at radius 3 is 1.40 bits per heavy atom. The van der Waals surface area contributed by atoms with Crippen molar-refractivity contribution in [2.24, 2.45) is 11.7 Å². The molecule has 8 atom stereocenters. The summed E-state index contributed by atoms with van der Waals surface area (Å²) in [4.78, 5) is 4.91. The third-order valence-corrected chi connectivity index (χ3v) is 5.36. The summed E-state index contributed by atoms with van der Waals surface area (Å²) in [6, 6.07) is 0. The predicted octanol–water partition coefficient (Wildman–Crippen LogP) is -5.88. The Hall–Kier alpha value is -0.600. The van der Waals surface area contributed by atoms with Gasteiger partial charge >= 0.3 is 0 Å². The molecule has 0 saturated carbocycles. The number of hydroxylamine groups is 1. The van der Waals surface area contributed by atoms with Crippen LogP contribution in [0.15, 0.2) is 0 Å². The maximum Gasteiger partial charge on any atom is 0.110 e. The largest absolute Gasteiger partial charge is 0.394 e. The summed E-state index contributed by atoms with van der Waals surface area (Å²) in [5.74, 6) is -0.613. The molecule has 0 heterocycles. The maximum atomic E-state index is 10.3. The molecular formula is C20H44N2O13. The van der Waals surface area contributed by atoms with Gasteiger partial charge in [-0.25, -0.2) is 0 Å². The van der Waals surface area contributed by atoms with Crippen molar-refractivity contribution in [2.45, 2.75) is 68.1 Å². The van der Waals surface area contributed by atoms with Gasteiger partial charge in [-0.15, -0.1) is 0 Å². The van der Waals surface area contributed by atoms with Crippen molar-refractivity contribution in [1.29, 1.82) is 0 Å². The Labute approximate surface area is 204 Å². The predicted molar refractivity (Wildman–Crippen MR) is 119 cm³/mol. The summed E-state index contributed by atoms with van der Waals surface area (Å²) in [6.07, 6.45) is -14.0. The number of nitrogens with two attached hydrogens (primary N) is 1. The fraction of sp³-hybridized carbons (Fsp3) is 1.00. The normalized spacial score (nSPS) is 20.0. The zero-order valence-electron chi connectivity index (χ0n) is 19.7. The van der Waals surface area contributed by atoms with Crippen LogP contribution < -0.4 is 11.2 Å². The monoisotopic (exact) mass is 520 g/mol. The minimum Gasteiger partial charge on any atom is -0.394 e. The molecule has 0 radical (unpaired) electrons. The maximum absolute atomic E-state index is 10.3. The summed E-state index contributed by atoms with van der Waals surface area (Å²) >= 11 is 0. The van der Waals surface area contributed by atoms with E-state index in [0.29, 0.717) is 6.61 Å². The first kappa shape index (κ1) is 34.4. The number of nitrogens with one attached hydrogen (secondary N) is 1. The fourth-order valence-corrected chi connectivity index (χ4v) is 3.22. The average Bonchev–Trinajstić information content (AvgIpc) is 2.86. The molecule has 0 aromatic heterocycles. The van der Waals surface area contributed by atoms with Gasteiger partial charge in [0.15, 0.2) is 0 Å². The third-order valence-electron chi connectivity index (χ3n) is 5.36. The first-order valence-corrected chi connectivity index (χ1v) is 11.5. The fourth-order valence-electron chi connectivity index (χ4n) is 3.22. The van der Waals surface area contributed by atoms with Crippen molar-refractivity contribution in [3.8, 4) is 0 Å². The Bertz CT molecular complexity index is 466. The van der Waals surface area contributed by atoms with Crippen LogP contribution in [-0.2, 0) is 14.3 Å². The molecule has 13 N–H and O–H groups in total. The second kappa shape index (κ2) is 20.5. The van der Waals surface area contributed by atoms with Crippen molar-refractivity contribution in [1.82, 2.24) is 5.48 Å². The second-order valence-corrected chi connectivity index (χ2v) is 8.14. The van der Waals surface area contributed by atoms with Gasteiger partial charge in [-0.05, 0) is 25.2 Å². The lowest BCUT2D eigenvalue weighted by Crippen LogP contribution is -2.48. The third kappa shape index (κ3) is 14.7. The standard InChI is InChI=1S/C20H44N2O13/c21-11-22-35-6-5-34-4-3-33-2-1-12(7-13(25)17(29)19(31)15(27)9-23)8-14(26)18(30)20(32)16(28)10-24/h12-20,22-32H,1-11,21H2. The molecule has 15 nitrogen and oxygen atoms in total. The molecule has 0 rings (SSSR count). The molecule has 212 valence electrons. The van der Waals surface area contributed by atoms with Crippen LogP contribution in [0.2, 0.25) is 0 Å². The minimum absolute atomic E-state index is 0.133. The van der Waals surface area contributed by atoms with Crippen LogP contribution in [0.1, 0.15) is 19.3 Å². The summed E-state index contributed by atoms with van der Waals surface area (Å²) in [7, 11) is 0. The van der Waals surface area contributed by atoms with E-state index in [4.69, 9.17) is 30.3 Å². The average molecular weight is 521 g/mol. The van der Waals surface area contributed by atoms with Crippen LogP contribution in [0.4, 0.5) is 0 Å².